The summed E-state index contributed by atoms with van der Waals surface area (Å²) in [5.41, 5.74) is -0.664. The van der Waals surface area contributed by atoms with Crippen molar-refractivity contribution >= 4 is 11.6 Å². The molecule has 2 N–H and O–H groups in total. The van der Waals surface area contributed by atoms with Crippen LogP contribution in [0.3, 0.4) is 0 Å². The second-order valence-corrected chi connectivity index (χ2v) is 6.20. The molecule has 0 saturated heterocycles. The van der Waals surface area contributed by atoms with Gasteiger partial charge in [0.25, 0.3) is 5.91 Å². The molecule has 2 rings (SSSR count). The summed E-state index contributed by atoms with van der Waals surface area (Å²) in [5.74, 6) is -0.706. The molecule has 8 heteroatoms. The predicted molar refractivity (Wildman–Crippen MR) is 97.0 cm³/mol. The Bertz CT molecular complexity index is 905. The Morgan fingerprint density at radius 2 is 2.00 bits per heavy atom. The summed E-state index contributed by atoms with van der Waals surface area (Å²) in [6.45, 7) is 3.51. The number of halogens is 3. The SMILES string of the molecule is CCCC(Oc1ccc(C#N)c(C(F)(F)F)c1)C(=O)Nc1ccc(C)c(O)c1. The highest BCUT2D eigenvalue weighted by Gasteiger charge is 2.34. The van der Waals surface area contributed by atoms with Crippen molar-refractivity contribution in [1.82, 2.24) is 0 Å². The number of aromatic hydroxyl groups is 1. The molecule has 1 amide bonds. The first kappa shape index (κ1) is 21.1. The molecule has 2 aromatic rings. The molecule has 0 spiro atoms. The summed E-state index contributed by atoms with van der Waals surface area (Å²) in [6.07, 6.45) is -4.93. The van der Waals surface area contributed by atoms with Crippen molar-refractivity contribution in [3.05, 3.63) is 53.1 Å². The molecule has 0 radical (unpaired) electrons. The van der Waals surface area contributed by atoms with Crippen LogP contribution in [0.2, 0.25) is 0 Å². The van der Waals surface area contributed by atoms with Gasteiger partial charge in [0.2, 0.25) is 0 Å². The fourth-order valence-corrected chi connectivity index (χ4v) is 2.51. The van der Waals surface area contributed by atoms with Crippen LogP contribution in [0.25, 0.3) is 0 Å². The van der Waals surface area contributed by atoms with Crippen molar-refractivity contribution in [2.24, 2.45) is 0 Å². The lowest BCUT2D eigenvalue weighted by Gasteiger charge is -2.19. The van der Waals surface area contributed by atoms with E-state index in [0.717, 1.165) is 6.07 Å². The highest BCUT2D eigenvalue weighted by molar-refractivity contribution is 5.94. The summed E-state index contributed by atoms with van der Waals surface area (Å²) >= 11 is 0. The molecule has 2 aromatic carbocycles. The first-order valence-electron chi connectivity index (χ1n) is 8.54. The van der Waals surface area contributed by atoms with Crippen LogP contribution in [-0.2, 0) is 11.0 Å². The number of amides is 1. The Labute approximate surface area is 160 Å². The van der Waals surface area contributed by atoms with Gasteiger partial charge in [-0.15, -0.1) is 0 Å². The largest absolute Gasteiger partial charge is 0.508 e. The molecule has 1 unspecified atom stereocenters. The van der Waals surface area contributed by atoms with E-state index in [9.17, 15) is 23.1 Å². The Kier molecular flexibility index (Phi) is 6.52. The minimum absolute atomic E-state index is 0.00710. The zero-order valence-corrected chi connectivity index (χ0v) is 15.3. The van der Waals surface area contributed by atoms with Gasteiger partial charge in [0.1, 0.15) is 11.5 Å². The van der Waals surface area contributed by atoms with Crippen LogP contribution < -0.4 is 10.1 Å². The van der Waals surface area contributed by atoms with E-state index < -0.39 is 29.3 Å². The lowest BCUT2D eigenvalue weighted by molar-refractivity contribution is -0.137. The molecule has 0 fully saturated rings. The Morgan fingerprint density at radius 3 is 2.57 bits per heavy atom. The van der Waals surface area contributed by atoms with Gasteiger partial charge in [-0.1, -0.05) is 19.4 Å². The number of ether oxygens (including phenoxy) is 1. The van der Waals surface area contributed by atoms with Gasteiger partial charge in [-0.2, -0.15) is 18.4 Å². The molecule has 0 aromatic heterocycles. The van der Waals surface area contributed by atoms with Gasteiger partial charge < -0.3 is 15.2 Å². The number of nitrogens with zero attached hydrogens (tertiary/aromatic N) is 1. The number of aryl methyl sites for hydroxylation is 1. The number of carbonyl (C=O) groups is 1. The molecule has 5 nitrogen and oxygen atoms in total. The molecule has 0 bridgehead atoms. The van der Waals surface area contributed by atoms with Gasteiger partial charge in [-0.05, 0) is 43.2 Å². The molecule has 0 aliphatic heterocycles. The van der Waals surface area contributed by atoms with Gasteiger partial charge in [-0.3, -0.25) is 4.79 Å². The van der Waals surface area contributed by atoms with Crippen LogP contribution in [0.1, 0.15) is 36.5 Å². The summed E-state index contributed by atoms with van der Waals surface area (Å²) < 4.78 is 44.8. The highest BCUT2D eigenvalue weighted by atomic mass is 19.4. The van der Waals surface area contributed by atoms with E-state index in [0.29, 0.717) is 23.7 Å². The number of carbonyl (C=O) groups excluding carboxylic acids is 1. The zero-order chi connectivity index (χ0) is 20.9. The third-order valence-corrected chi connectivity index (χ3v) is 4.02. The van der Waals surface area contributed by atoms with Gasteiger partial charge in [0.05, 0.1) is 17.2 Å². The molecule has 0 aliphatic rings. The maximum Gasteiger partial charge on any atom is 0.417 e. The molecule has 0 heterocycles. The summed E-state index contributed by atoms with van der Waals surface area (Å²) in [4.78, 5) is 12.5. The molecule has 148 valence electrons. The molecule has 28 heavy (non-hydrogen) atoms. The minimum atomic E-state index is -4.72. The van der Waals surface area contributed by atoms with E-state index in [4.69, 9.17) is 10.00 Å². The maximum absolute atomic E-state index is 13.1. The lowest BCUT2D eigenvalue weighted by Crippen LogP contribution is -2.33. The average Bonchev–Trinajstić information content (AvgIpc) is 2.63. The Morgan fingerprint density at radius 1 is 1.29 bits per heavy atom. The van der Waals surface area contributed by atoms with Crippen LogP contribution in [0, 0.1) is 18.3 Å². The van der Waals surface area contributed by atoms with Gasteiger partial charge >= 0.3 is 6.18 Å². The van der Waals surface area contributed by atoms with E-state index in [1.807, 2.05) is 0 Å². The van der Waals surface area contributed by atoms with Crippen molar-refractivity contribution in [2.45, 2.75) is 39.0 Å². The molecular weight excluding hydrogens is 373 g/mol. The van der Waals surface area contributed by atoms with E-state index in [1.165, 1.54) is 18.2 Å². The number of phenols is 1. The topological polar surface area (TPSA) is 82.3 Å². The van der Waals surface area contributed by atoms with Gasteiger partial charge in [0.15, 0.2) is 6.10 Å². The van der Waals surface area contributed by atoms with E-state index in [1.54, 1.807) is 26.0 Å². The summed E-state index contributed by atoms with van der Waals surface area (Å²) in [7, 11) is 0. The summed E-state index contributed by atoms with van der Waals surface area (Å²) in [6, 6.07) is 9.04. The standard InChI is InChI=1S/C20H19F3N2O3/c1-3-4-18(19(27)25-14-7-5-12(2)17(26)9-14)28-15-8-6-13(11-24)16(10-15)20(21,22)23/h5-10,18,26H,3-4H2,1-2H3,(H,25,27). The molecule has 1 atom stereocenters. The number of nitrogens with one attached hydrogen (secondary N) is 1. The van der Waals surface area contributed by atoms with Crippen molar-refractivity contribution < 1.29 is 27.8 Å². The normalized spacial score (nSPS) is 12.1. The number of rotatable bonds is 6. The molecular formula is C20H19F3N2O3. The lowest BCUT2D eigenvalue weighted by atomic mass is 10.1. The van der Waals surface area contributed by atoms with Crippen molar-refractivity contribution in [3.8, 4) is 17.6 Å². The third-order valence-electron chi connectivity index (χ3n) is 4.02. The highest BCUT2D eigenvalue weighted by Crippen LogP contribution is 2.34. The predicted octanol–water partition coefficient (Wildman–Crippen LogP) is 4.78. The quantitative estimate of drug-likeness (QED) is 0.741. The first-order chi connectivity index (χ1) is 13.2. The minimum Gasteiger partial charge on any atom is -0.508 e. The second-order valence-electron chi connectivity index (χ2n) is 6.20. The maximum atomic E-state index is 13.1. The van der Waals surface area contributed by atoms with Gasteiger partial charge in [0, 0.05) is 11.8 Å². The van der Waals surface area contributed by atoms with E-state index in [-0.39, 0.29) is 17.9 Å². The Balaban J connectivity index is 2.23. The second kappa shape index (κ2) is 8.65. The third kappa shape index (κ3) is 5.16. The molecule has 0 aliphatic carbocycles. The number of nitriles is 1. The zero-order valence-electron chi connectivity index (χ0n) is 15.3. The fourth-order valence-electron chi connectivity index (χ4n) is 2.51. The van der Waals surface area contributed by atoms with Crippen LogP contribution in [0.4, 0.5) is 18.9 Å². The number of alkyl halides is 3. The van der Waals surface area contributed by atoms with Gasteiger partial charge in [-0.25, -0.2) is 0 Å². The summed E-state index contributed by atoms with van der Waals surface area (Å²) in [5, 5.41) is 21.2. The monoisotopic (exact) mass is 392 g/mol. The fraction of sp³-hybridized carbons (Fsp3) is 0.300. The van der Waals surface area contributed by atoms with Crippen molar-refractivity contribution in [3.63, 3.8) is 0 Å². The van der Waals surface area contributed by atoms with Crippen molar-refractivity contribution in [2.75, 3.05) is 5.32 Å². The first-order valence-corrected chi connectivity index (χ1v) is 8.54. The number of phenolic OH excluding ortho intramolecular Hbond substituents is 1. The van der Waals surface area contributed by atoms with Crippen LogP contribution in [-0.4, -0.2) is 17.1 Å². The Hall–Kier alpha value is -3.21. The van der Waals surface area contributed by atoms with E-state index in [2.05, 4.69) is 5.32 Å². The van der Waals surface area contributed by atoms with E-state index >= 15 is 0 Å². The molecule has 0 saturated carbocycles. The number of hydrogen-bond donors (Lipinski definition) is 2. The van der Waals surface area contributed by atoms with Crippen molar-refractivity contribution in [1.29, 1.82) is 5.26 Å². The van der Waals surface area contributed by atoms with Crippen LogP contribution in [0.5, 0.6) is 11.5 Å². The smallest absolute Gasteiger partial charge is 0.417 e. The number of hydrogen-bond acceptors (Lipinski definition) is 4. The number of anilines is 1. The average molecular weight is 392 g/mol. The number of benzene rings is 2. The van der Waals surface area contributed by atoms with Crippen LogP contribution in [0.15, 0.2) is 36.4 Å². The van der Waals surface area contributed by atoms with Crippen LogP contribution >= 0.6 is 0 Å².